The van der Waals surface area contributed by atoms with Crippen LogP contribution in [0.3, 0.4) is 0 Å². The largest absolute Gasteiger partial charge is 0.416 e. The van der Waals surface area contributed by atoms with Gasteiger partial charge in [0, 0.05) is 22.4 Å². The Hall–Kier alpha value is -3.24. The number of nitrogens with zero attached hydrogens (tertiary/aromatic N) is 3. The lowest BCUT2D eigenvalue weighted by molar-refractivity contribution is -0.146. The smallest absolute Gasteiger partial charge is 0.382 e. The van der Waals surface area contributed by atoms with Crippen molar-refractivity contribution in [2.75, 3.05) is 13.2 Å². The molecule has 0 amide bonds. The van der Waals surface area contributed by atoms with E-state index >= 15 is 0 Å². The second-order valence-electron chi connectivity index (χ2n) is 8.78. The van der Waals surface area contributed by atoms with Crippen molar-refractivity contribution in [2.45, 2.75) is 42.0 Å². The summed E-state index contributed by atoms with van der Waals surface area (Å²) in [6.07, 6.45) is 0.686. The average Bonchev–Trinajstić information content (AvgIpc) is 3.40. The van der Waals surface area contributed by atoms with Crippen LogP contribution in [0.5, 0.6) is 0 Å². The van der Waals surface area contributed by atoms with E-state index in [1.807, 2.05) is 0 Å². The molecule has 6 nitrogen and oxygen atoms in total. The van der Waals surface area contributed by atoms with E-state index in [9.17, 15) is 27.1 Å². The highest BCUT2D eigenvalue weighted by molar-refractivity contribution is 8.00. The lowest BCUT2D eigenvalue weighted by Gasteiger charge is -2.37. The van der Waals surface area contributed by atoms with Gasteiger partial charge in [-0.1, -0.05) is 24.8 Å². The maximum Gasteiger partial charge on any atom is 0.416 e. The molecule has 1 fully saturated rings. The summed E-state index contributed by atoms with van der Waals surface area (Å²) in [6, 6.07) is 7.56. The molecular weight excluding hydrogens is 541 g/mol. The van der Waals surface area contributed by atoms with Gasteiger partial charge in [0.15, 0.2) is 6.29 Å². The Bertz CT molecular complexity index is 1330. The molecule has 0 aliphatic carbocycles. The lowest BCUT2D eigenvalue weighted by Crippen LogP contribution is -2.43. The third kappa shape index (κ3) is 7.45. The topological polar surface area (TPSA) is 69.4 Å². The number of halogens is 5. The van der Waals surface area contributed by atoms with Crippen LogP contribution in [0.4, 0.5) is 22.0 Å². The van der Waals surface area contributed by atoms with E-state index in [4.69, 9.17) is 9.47 Å². The van der Waals surface area contributed by atoms with Gasteiger partial charge in [0.05, 0.1) is 30.6 Å². The van der Waals surface area contributed by atoms with Crippen LogP contribution in [0.1, 0.15) is 23.6 Å². The highest BCUT2D eigenvalue weighted by atomic mass is 32.2. The molecule has 12 heteroatoms. The SMILES string of the molecule is C[C@@H](SC1COC(C=CC#Cc2ccc(C(F)(F)F)cc2)OC1)[C@](O)(Cn1cncn1)c1ccc(F)cc1F. The molecule has 206 valence electrons. The van der Waals surface area contributed by atoms with Gasteiger partial charge in [-0.15, -0.1) is 11.8 Å². The molecule has 4 rings (SSSR count). The van der Waals surface area contributed by atoms with E-state index in [-0.39, 0.29) is 30.6 Å². The number of rotatable bonds is 7. The molecule has 2 atom stereocenters. The summed E-state index contributed by atoms with van der Waals surface area (Å²) < 4.78 is 79.0. The Morgan fingerprint density at radius 2 is 1.87 bits per heavy atom. The number of allylic oxidation sites excluding steroid dienone is 1. The second-order valence-corrected chi connectivity index (χ2v) is 10.4. The third-order valence-corrected chi connectivity index (χ3v) is 7.45. The molecule has 1 saturated heterocycles. The first-order valence-electron chi connectivity index (χ1n) is 11.8. The monoisotopic (exact) mass is 565 g/mol. The zero-order valence-electron chi connectivity index (χ0n) is 20.6. The number of aliphatic hydroxyl groups is 1. The fourth-order valence-corrected chi connectivity index (χ4v) is 5.24. The van der Waals surface area contributed by atoms with Gasteiger partial charge in [-0.25, -0.2) is 18.4 Å². The van der Waals surface area contributed by atoms with Gasteiger partial charge in [0.25, 0.3) is 0 Å². The molecule has 39 heavy (non-hydrogen) atoms. The van der Waals surface area contributed by atoms with Crippen molar-refractivity contribution in [3.8, 4) is 11.8 Å². The predicted octanol–water partition coefficient (Wildman–Crippen LogP) is 4.93. The molecule has 2 heterocycles. The second kappa shape index (κ2) is 12.3. The minimum Gasteiger partial charge on any atom is -0.382 e. The fourth-order valence-electron chi connectivity index (χ4n) is 3.92. The van der Waals surface area contributed by atoms with Crippen molar-refractivity contribution in [1.82, 2.24) is 14.8 Å². The van der Waals surface area contributed by atoms with Crippen LogP contribution in [0.25, 0.3) is 0 Å². The lowest BCUT2D eigenvalue weighted by atomic mass is 9.90. The van der Waals surface area contributed by atoms with Gasteiger partial charge in [0.2, 0.25) is 0 Å². The molecule has 1 aliphatic rings. The minimum absolute atomic E-state index is 0.0653. The van der Waals surface area contributed by atoms with Crippen molar-refractivity contribution in [3.63, 3.8) is 0 Å². The standard InChI is InChI=1S/C27H24F5N3O3S/c1-18(26(36,15-35-17-33-16-34-35)23-11-10-21(28)12-24(23)29)39-22-13-37-25(38-14-22)5-3-2-4-19-6-8-20(9-7-19)27(30,31)32/h3,5-12,16-18,22,25,36H,13-15H2,1H3/t18-,22?,25?,26-/m1/s1. The first kappa shape index (κ1) is 28.8. The van der Waals surface area contributed by atoms with Crippen LogP contribution >= 0.6 is 11.8 Å². The molecule has 2 aromatic carbocycles. The molecule has 3 aromatic rings. The van der Waals surface area contributed by atoms with Gasteiger partial charge in [0.1, 0.15) is 29.9 Å². The first-order chi connectivity index (χ1) is 18.5. The Labute approximate surface area is 225 Å². The minimum atomic E-state index is -4.40. The number of ether oxygens (including phenoxy) is 2. The van der Waals surface area contributed by atoms with Crippen LogP contribution < -0.4 is 0 Å². The molecule has 1 aliphatic heterocycles. The molecule has 1 aromatic heterocycles. The fraction of sp³-hybridized carbons (Fsp3) is 0.333. The van der Waals surface area contributed by atoms with Gasteiger partial charge >= 0.3 is 6.18 Å². The van der Waals surface area contributed by atoms with Gasteiger partial charge in [-0.3, -0.25) is 0 Å². The number of benzene rings is 2. The summed E-state index contributed by atoms with van der Waals surface area (Å²) in [6.45, 7) is 2.15. The van der Waals surface area contributed by atoms with E-state index in [0.717, 1.165) is 24.3 Å². The van der Waals surface area contributed by atoms with Crippen LogP contribution in [-0.2, 0) is 27.8 Å². The van der Waals surface area contributed by atoms with Crippen molar-refractivity contribution in [3.05, 3.63) is 95.6 Å². The number of hydrogen-bond donors (Lipinski definition) is 1. The van der Waals surface area contributed by atoms with Gasteiger partial charge in [-0.2, -0.15) is 18.3 Å². The summed E-state index contributed by atoms with van der Waals surface area (Å²) in [4.78, 5) is 3.86. The quantitative estimate of drug-likeness (QED) is 0.324. The average molecular weight is 566 g/mol. The molecule has 0 spiro atoms. The zero-order valence-corrected chi connectivity index (χ0v) is 21.4. The number of thioether (sulfide) groups is 1. The van der Waals surface area contributed by atoms with E-state index in [1.165, 1.54) is 53.4 Å². The van der Waals surface area contributed by atoms with E-state index in [1.54, 1.807) is 13.0 Å². The summed E-state index contributed by atoms with van der Waals surface area (Å²) in [7, 11) is 0. The summed E-state index contributed by atoms with van der Waals surface area (Å²) in [5, 5.41) is 14.9. The Balaban J connectivity index is 1.34. The van der Waals surface area contributed by atoms with Crippen LogP contribution in [0.2, 0.25) is 0 Å². The molecule has 1 N–H and O–H groups in total. The molecule has 0 saturated carbocycles. The number of hydrogen-bond acceptors (Lipinski definition) is 6. The Kier molecular flexibility index (Phi) is 9.07. The first-order valence-corrected chi connectivity index (χ1v) is 12.7. The van der Waals surface area contributed by atoms with Crippen molar-refractivity contribution in [1.29, 1.82) is 0 Å². The number of aromatic nitrogens is 3. The number of alkyl halides is 3. The Morgan fingerprint density at radius 1 is 1.15 bits per heavy atom. The molecule has 0 bridgehead atoms. The van der Waals surface area contributed by atoms with Gasteiger partial charge < -0.3 is 14.6 Å². The van der Waals surface area contributed by atoms with Crippen LogP contribution in [0.15, 0.2) is 67.3 Å². The van der Waals surface area contributed by atoms with Crippen LogP contribution in [0, 0.1) is 23.5 Å². The maximum absolute atomic E-state index is 14.7. The molecule has 0 radical (unpaired) electrons. The van der Waals surface area contributed by atoms with E-state index in [0.29, 0.717) is 5.56 Å². The van der Waals surface area contributed by atoms with Crippen molar-refractivity contribution < 1.29 is 36.5 Å². The van der Waals surface area contributed by atoms with Crippen molar-refractivity contribution >= 4 is 11.8 Å². The van der Waals surface area contributed by atoms with E-state index in [2.05, 4.69) is 21.9 Å². The summed E-state index contributed by atoms with van der Waals surface area (Å²) >= 11 is 1.33. The Morgan fingerprint density at radius 3 is 2.49 bits per heavy atom. The highest BCUT2D eigenvalue weighted by Crippen LogP contribution is 2.38. The predicted molar refractivity (Wildman–Crippen MR) is 134 cm³/mol. The van der Waals surface area contributed by atoms with Gasteiger partial charge in [-0.05, 0) is 42.5 Å². The van der Waals surface area contributed by atoms with Crippen LogP contribution in [-0.4, -0.2) is 49.9 Å². The maximum atomic E-state index is 14.7. The van der Waals surface area contributed by atoms with Crippen molar-refractivity contribution in [2.24, 2.45) is 0 Å². The third-order valence-electron chi connectivity index (χ3n) is 5.99. The normalized spacial score (nSPS) is 20.3. The summed E-state index contributed by atoms with van der Waals surface area (Å²) in [5.74, 6) is 3.85. The highest BCUT2D eigenvalue weighted by Gasteiger charge is 2.41. The molecule has 0 unspecified atom stereocenters. The molecular formula is C27H24F5N3O3S. The van der Waals surface area contributed by atoms with E-state index < -0.39 is 40.5 Å². The zero-order chi connectivity index (χ0) is 28.0. The summed E-state index contributed by atoms with van der Waals surface area (Å²) in [5.41, 5.74) is -2.13.